The number of nitrogens with zero attached hydrogens (tertiary/aromatic N) is 1. The van der Waals surface area contributed by atoms with E-state index in [0.717, 1.165) is 5.69 Å². The number of hydrazine groups is 1. The van der Waals surface area contributed by atoms with Crippen LogP contribution in [0, 0.1) is 11.2 Å². The number of rotatable bonds is 5. The van der Waals surface area contributed by atoms with Crippen molar-refractivity contribution < 1.29 is 9.18 Å². The molecular formula is C13H20FN3O. The number of halogens is 1. The van der Waals surface area contributed by atoms with Crippen molar-refractivity contribution >= 4 is 11.6 Å². The fourth-order valence-electron chi connectivity index (χ4n) is 1.80. The number of amides is 1. The van der Waals surface area contributed by atoms with Crippen LogP contribution in [0.3, 0.4) is 0 Å². The van der Waals surface area contributed by atoms with Gasteiger partial charge in [0, 0.05) is 18.8 Å². The quantitative estimate of drug-likeness (QED) is 0.477. The van der Waals surface area contributed by atoms with Gasteiger partial charge in [-0.2, -0.15) is 0 Å². The Morgan fingerprint density at radius 1 is 1.50 bits per heavy atom. The van der Waals surface area contributed by atoms with Crippen molar-refractivity contribution in [3.8, 4) is 0 Å². The van der Waals surface area contributed by atoms with Gasteiger partial charge in [0.25, 0.3) is 0 Å². The van der Waals surface area contributed by atoms with Crippen LogP contribution >= 0.6 is 0 Å². The predicted octanol–water partition coefficient (Wildman–Crippen LogP) is 1.67. The number of nitrogens with one attached hydrogen (secondary N) is 1. The molecule has 0 bridgehead atoms. The monoisotopic (exact) mass is 253 g/mol. The second-order valence-electron chi connectivity index (χ2n) is 4.85. The normalized spacial score (nSPS) is 11.2. The molecule has 1 aromatic rings. The molecule has 0 spiro atoms. The molecule has 1 rings (SSSR count). The summed E-state index contributed by atoms with van der Waals surface area (Å²) in [6.07, 6.45) is 0. The lowest BCUT2D eigenvalue weighted by molar-refractivity contribution is -0.128. The minimum absolute atomic E-state index is 0.239. The average Bonchev–Trinajstić information content (AvgIpc) is 2.34. The van der Waals surface area contributed by atoms with E-state index >= 15 is 0 Å². The highest BCUT2D eigenvalue weighted by molar-refractivity contribution is 5.82. The second kappa shape index (κ2) is 5.82. The van der Waals surface area contributed by atoms with E-state index in [0.29, 0.717) is 13.1 Å². The van der Waals surface area contributed by atoms with E-state index in [-0.39, 0.29) is 11.7 Å². The molecule has 0 fully saturated rings. The summed E-state index contributed by atoms with van der Waals surface area (Å²) >= 11 is 0. The zero-order valence-corrected chi connectivity index (χ0v) is 11.0. The third-order valence-electron chi connectivity index (χ3n) is 2.89. The lowest BCUT2D eigenvalue weighted by Crippen LogP contribution is -2.47. The van der Waals surface area contributed by atoms with Crippen LogP contribution in [0.4, 0.5) is 10.1 Å². The summed E-state index contributed by atoms with van der Waals surface area (Å²) in [6, 6.07) is 6.33. The fourth-order valence-corrected chi connectivity index (χ4v) is 1.80. The lowest BCUT2D eigenvalue weighted by Gasteiger charge is -2.32. The molecule has 1 amide bonds. The number of nitrogens with two attached hydrogens (primary N) is 1. The van der Waals surface area contributed by atoms with Crippen LogP contribution in [0.1, 0.15) is 20.8 Å². The van der Waals surface area contributed by atoms with Gasteiger partial charge in [-0.1, -0.05) is 6.07 Å². The van der Waals surface area contributed by atoms with Gasteiger partial charge in [0.05, 0.1) is 5.41 Å². The second-order valence-corrected chi connectivity index (χ2v) is 4.85. The van der Waals surface area contributed by atoms with Gasteiger partial charge in [0.2, 0.25) is 5.91 Å². The summed E-state index contributed by atoms with van der Waals surface area (Å²) in [7, 11) is 0. The summed E-state index contributed by atoms with van der Waals surface area (Å²) in [5.41, 5.74) is 2.28. The van der Waals surface area contributed by atoms with Crippen molar-refractivity contribution in [3.63, 3.8) is 0 Å². The van der Waals surface area contributed by atoms with E-state index in [4.69, 9.17) is 5.84 Å². The zero-order chi connectivity index (χ0) is 13.8. The SMILES string of the molecule is CCN(CC(C)(C)C(=O)NN)c1cccc(F)c1. The Morgan fingerprint density at radius 2 is 2.17 bits per heavy atom. The molecule has 0 aliphatic carbocycles. The largest absolute Gasteiger partial charge is 0.371 e. The highest BCUT2D eigenvalue weighted by atomic mass is 19.1. The van der Waals surface area contributed by atoms with Gasteiger partial charge >= 0.3 is 0 Å². The summed E-state index contributed by atoms with van der Waals surface area (Å²) in [6.45, 7) is 6.72. The maximum Gasteiger partial charge on any atom is 0.241 e. The number of carbonyl (C=O) groups excluding carboxylic acids is 1. The minimum Gasteiger partial charge on any atom is -0.371 e. The van der Waals surface area contributed by atoms with Gasteiger partial charge in [-0.15, -0.1) is 0 Å². The van der Waals surface area contributed by atoms with Gasteiger partial charge in [-0.05, 0) is 39.0 Å². The number of carbonyl (C=O) groups is 1. The Bertz CT molecular complexity index is 420. The van der Waals surface area contributed by atoms with Crippen LogP contribution in [-0.4, -0.2) is 19.0 Å². The van der Waals surface area contributed by atoms with E-state index < -0.39 is 5.41 Å². The Hall–Kier alpha value is -1.62. The van der Waals surface area contributed by atoms with E-state index in [9.17, 15) is 9.18 Å². The molecular weight excluding hydrogens is 233 g/mol. The first-order chi connectivity index (χ1) is 8.40. The molecule has 0 saturated heterocycles. The first kappa shape index (κ1) is 14.4. The average molecular weight is 253 g/mol. The van der Waals surface area contributed by atoms with Crippen molar-refractivity contribution in [2.24, 2.45) is 11.3 Å². The Balaban J connectivity index is 2.89. The van der Waals surface area contributed by atoms with E-state index in [2.05, 4.69) is 5.43 Å². The number of anilines is 1. The maximum absolute atomic E-state index is 13.2. The van der Waals surface area contributed by atoms with Crippen LogP contribution < -0.4 is 16.2 Å². The van der Waals surface area contributed by atoms with E-state index in [1.54, 1.807) is 19.9 Å². The van der Waals surface area contributed by atoms with Crippen molar-refractivity contribution in [1.82, 2.24) is 5.43 Å². The zero-order valence-electron chi connectivity index (χ0n) is 11.0. The van der Waals surface area contributed by atoms with Crippen molar-refractivity contribution in [1.29, 1.82) is 0 Å². The summed E-state index contributed by atoms with van der Waals surface area (Å²) in [5, 5.41) is 0. The van der Waals surface area contributed by atoms with E-state index in [1.807, 2.05) is 17.9 Å². The van der Waals surface area contributed by atoms with Gasteiger partial charge in [-0.25, -0.2) is 10.2 Å². The number of benzene rings is 1. The van der Waals surface area contributed by atoms with Crippen molar-refractivity contribution in [2.75, 3.05) is 18.0 Å². The molecule has 0 saturated carbocycles. The van der Waals surface area contributed by atoms with Crippen LogP contribution in [0.25, 0.3) is 0 Å². The lowest BCUT2D eigenvalue weighted by atomic mass is 9.91. The summed E-state index contributed by atoms with van der Waals surface area (Å²) < 4.78 is 13.2. The van der Waals surface area contributed by atoms with Crippen LogP contribution in [0.2, 0.25) is 0 Å². The summed E-state index contributed by atoms with van der Waals surface area (Å²) in [4.78, 5) is 13.6. The highest BCUT2D eigenvalue weighted by Gasteiger charge is 2.29. The molecule has 0 unspecified atom stereocenters. The minimum atomic E-state index is -0.642. The predicted molar refractivity (Wildman–Crippen MR) is 70.4 cm³/mol. The third kappa shape index (κ3) is 3.43. The van der Waals surface area contributed by atoms with E-state index in [1.165, 1.54) is 12.1 Å². The summed E-state index contributed by atoms with van der Waals surface area (Å²) in [5.74, 6) is 4.64. The Kier molecular flexibility index (Phi) is 4.67. The molecule has 100 valence electrons. The smallest absolute Gasteiger partial charge is 0.241 e. The molecule has 0 atom stereocenters. The van der Waals surface area contributed by atoms with Gasteiger partial charge in [-0.3, -0.25) is 10.2 Å². The molecule has 5 heteroatoms. The Labute approximate surface area is 107 Å². The molecule has 18 heavy (non-hydrogen) atoms. The van der Waals surface area contributed by atoms with Crippen molar-refractivity contribution in [2.45, 2.75) is 20.8 Å². The topological polar surface area (TPSA) is 58.4 Å². The molecule has 0 aliphatic heterocycles. The van der Waals surface area contributed by atoms with Gasteiger partial charge in [0.1, 0.15) is 5.82 Å². The molecule has 0 radical (unpaired) electrons. The molecule has 4 nitrogen and oxygen atoms in total. The fraction of sp³-hybridized carbons (Fsp3) is 0.462. The molecule has 0 aliphatic rings. The molecule has 1 aromatic carbocycles. The van der Waals surface area contributed by atoms with Crippen LogP contribution in [0.15, 0.2) is 24.3 Å². The highest BCUT2D eigenvalue weighted by Crippen LogP contribution is 2.22. The molecule has 0 heterocycles. The first-order valence-corrected chi connectivity index (χ1v) is 5.92. The maximum atomic E-state index is 13.2. The first-order valence-electron chi connectivity index (χ1n) is 5.92. The number of hydrogen-bond donors (Lipinski definition) is 2. The van der Waals surface area contributed by atoms with Gasteiger partial charge < -0.3 is 4.90 Å². The number of hydrogen-bond acceptors (Lipinski definition) is 3. The molecule has 0 aromatic heterocycles. The van der Waals surface area contributed by atoms with Crippen molar-refractivity contribution in [3.05, 3.63) is 30.1 Å². The third-order valence-corrected chi connectivity index (χ3v) is 2.89. The molecule has 3 N–H and O–H groups in total. The van der Waals surface area contributed by atoms with Gasteiger partial charge in [0.15, 0.2) is 0 Å². The van der Waals surface area contributed by atoms with Crippen LogP contribution in [0.5, 0.6) is 0 Å². The van der Waals surface area contributed by atoms with Crippen LogP contribution in [-0.2, 0) is 4.79 Å². The standard InChI is InChI=1S/C13H20FN3O/c1-4-17(9-13(2,3)12(18)16-15)11-7-5-6-10(14)8-11/h5-8H,4,9,15H2,1-3H3,(H,16,18). The Morgan fingerprint density at radius 3 is 2.67 bits per heavy atom.